The normalized spacial score (nSPS) is 23.0. The van der Waals surface area contributed by atoms with Gasteiger partial charge in [-0.05, 0) is 58.1 Å². The van der Waals surface area contributed by atoms with E-state index in [1.165, 1.54) is 22.7 Å². The van der Waals surface area contributed by atoms with Crippen LogP contribution >= 0.6 is 22.7 Å². The molecule has 0 aromatic carbocycles. The number of nitrogens with one attached hydrogen (secondary N) is 1. The van der Waals surface area contributed by atoms with Crippen molar-refractivity contribution in [2.75, 3.05) is 11.9 Å². The Morgan fingerprint density at radius 1 is 1.33 bits per heavy atom. The van der Waals surface area contributed by atoms with Gasteiger partial charge in [0.05, 0.1) is 34.0 Å². The Morgan fingerprint density at radius 2 is 2.18 bits per heavy atom. The molecule has 0 saturated carbocycles. The van der Waals surface area contributed by atoms with Crippen molar-refractivity contribution in [3.05, 3.63) is 40.0 Å². The molecule has 0 spiro atoms. The fourth-order valence-corrected chi connectivity index (χ4v) is 6.73. The lowest BCUT2D eigenvalue weighted by Gasteiger charge is -2.44. The second-order valence-electron chi connectivity index (χ2n) is 8.88. The van der Waals surface area contributed by atoms with Crippen molar-refractivity contribution in [1.29, 1.82) is 0 Å². The number of nitrogens with zero attached hydrogens (tertiary/aromatic N) is 4. The van der Waals surface area contributed by atoms with Crippen molar-refractivity contribution >= 4 is 39.5 Å². The molecule has 2 bridgehead atoms. The first-order valence-corrected chi connectivity index (χ1v) is 12.9. The third-order valence-corrected chi connectivity index (χ3v) is 8.77. The van der Waals surface area contributed by atoms with E-state index in [0.717, 1.165) is 48.4 Å². The second kappa shape index (κ2) is 8.75. The average molecular weight is 486 g/mol. The minimum absolute atomic E-state index is 0.0205. The highest BCUT2D eigenvalue weighted by Crippen LogP contribution is 2.44. The van der Waals surface area contributed by atoms with Crippen LogP contribution in [0.25, 0.3) is 10.6 Å². The van der Waals surface area contributed by atoms with Crippen molar-refractivity contribution in [2.24, 2.45) is 0 Å². The summed E-state index contributed by atoms with van der Waals surface area (Å²) in [5, 5.41) is 26.3. The summed E-state index contributed by atoms with van der Waals surface area (Å²) in [6, 6.07) is 3.79. The molecule has 0 aliphatic carbocycles. The Bertz CT molecular complexity index is 1160. The van der Waals surface area contributed by atoms with Gasteiger partial charge >= 0.3 is 0 Å². The zero-order valence-electron chi connectivity index (χ0n) is 18.6. The molecule has 0 radical (unpaired) electrons. The Kier molecular flexibility index (Phi) is 5.94. The maximum absolute atomic E-state index is 13.3. The number of aromatic nitrogens is 3. The molecule has 174 valence electrons. The third-order valence-electron chi connectivity index (χ3n) is 6.66. The summed E-state index contributed by atoms with van der Waals surface area (Å²) < 4.78 is 0. The van der Waals surface area contributed by atoms with Gasteiger partial charge in [0.2, 0.25) is 0 Å². The van der Waals surface area contributed by atoms with Crippen molar-refractivity contribution in [2.45, 2.75) is 63.6 Å². The lowest BCUT2D eigenvalue weighted by Crippen LogP contribution is -2.55. The van der Waals surface area contributed by atoms with E-state index in [2.05, 4.69) is 20.3 Å². The minimum atomic E-state index is -0.600. The highest BCUT2D eigenvalue weighted by molar-refractivity contribution is 7.17. The van der Waals surface area contributed by atoms with Gasteiger partial charge in [0.1, 0.15) is 16.9 Å². The summed E-state index contributed by atoms with van der Waals surface area (Å²) in [5.41, 5.74) is 1.79. The molecule has 3 atom stereocenters. The highest BCUT2D eigenvalue weighted by atomic mass is 32.1. The van der Waals surface area contributed by atoms with Crippen LogP contribution in [0, 0.1) is 6.92 Å². The molecule has 2 fully saturated rings. The van der Waals surface area contributed by atoms with Crippen molar-refractivity contribution in [3.8, 4) is 10.6 Å². The molecule has 2 saturated heterocycles. The molecule has 5 rings (SSSR count). The number of hydrogen-bond acceptors (Lipinski definition) is 9. The van der Waals surface area contributed by atoms with Crippen LogP contribution in [0.15, 0.2) is 23.7 Å². The number of thiazole rings is 2. The largest absolute Gasteiger partial charge is 0.394 e. The molecular formula is C23H27N5O3S2. The zero-order chi connectivity index (χ0) is 23.2. The number of anilines is 2. The summed E-state index contributed by atoms with van der Waals surface area (Å²) in [6.45, 7) is 3.64. The van der Waals surface area contributed by atoms with Crippen LogP contribution in [-0.2, 0) is 0 Å². The number of carbonyl (C=O) groups is 1. The fourth-order valence-electron chi connectivity index (χ4n) is 4.99. The Labute approximate surface area is 200 Å². The topological polar surface area (TPSA) is 111 Å². The maximum atomic E-state index is 13.3. The summed E-state index contributed by atoms with van der Waals surface area (Å²) in [7, 11) is 0. The number of aliphatic hydroxyl groups excluding tert-OH is 2. The van der Waals surface area contributed by atoms with Crippen LogP contribution in [0.3, 0.4) is 0 Å². The van der Waals surface area contributed by atoms with Gasteiger partial charge in [-0.25, -0.2) is 15.0 Å². The van der Waals surface area contributed by atoms with Crippen LogP contribution in [0.1, 0.15) is 66.2 Å². The Hall–Kier alpha value is -2.40. The van der Waals surface area contributed by atoms with Crippen LogP contribution < -0.4 is 5.32 Å². The van der Waals surface area contributed by atoms with Crippen molar-refractivity contribution in [1.82, 2.24) is 19.9 Å². The second-order valence-corrected chi connectivity index (χ2v) is 10.8. The Morgan fingerprint density at radius 3 is 2.88 bits per heavy atom. The fraction of sp³-hybridized carbons (Fsp3) is 0.478. The number of aliphatic hydroxyl groups is 2. The molecule has 3 aromatic heterocycles. The van der Waals surface area contributed by atoms with Crippen LogP contribution in [0.2, 0.25) is 0 Å². The van der Waals surface area contributed by atoms with E-state index >= 15 is 0 Å². The van der Waals surface area contributed by atoms with E-state index < -0.39 is 11.6 Å². The third kappa shape index (κ3) is 4.05. The number of carbonyl (C=O) groups excluding carboxylic acids is 1. The minimum Gasteiger partial charge on any atom is -0.394 e. The van der Waals surface area contributed by atoms with Gasteiger partial charge in [0, 0.05) is 17.6 Å². The Balaban J connectivity index is 1.30. The zero-order valence-corrected chi connectivity index (χ0v) is 20.2. The van der Waals surface area contributed by atoms with E-state index in [4.69, 9.17) is 0 Å². The van der Waals surface area contributed by atoms with E-state index in [1.807, 2.05) is 17.2 Å². The number of fused-ring (bicyclic) bond motifs is 2. The van der Waals surface area contributed by atoms with Crippen LogP contribution in [0.5, 0.6) is 0 Å². The van der Waals surface area contributed by atoms with Gasteiger partial charge in [-0.1, -0.05) is 0 Å². The molecule has 1 amide bonds. The average Bonchev–Trinajstić information content (AvgIpc) is 3.49. The van der Waals surface area contributed by atoms with Gasteiger partial charge in [-0.2, -0.15) is 0 Å². The first kappa shape index (κ1) is 22.4. The summed E-state index contributed by atoms with van der Waals surface area (Å²) >= 11 is 2.91. The standard InChI is InChI=1S/C23H27N5O3S2/c1-13-19(33-20(25-13)14(2)30)17-11-32-22(26-17)27-18-6-5-15(10-24-18)21(31)28-16-4-3-8-23(28,12-29)9-7-16/h5-6,10-11,14,16,29-30H,3-4,7-9,12H2,1-2H3,(H,24,26,27)/t14?,16-,23+/m0/s1. The molecule has 1 unspecified atom stereocenters. The predicted octanol–water partition coefficient (Wildman–Crippen LogP) is 4.29. The lowest BCUT2D eigenvalue weighted by molar-refractivity contribution is 0.0105. The molecule has 2 aliphatic rings. The maximum Gasteiger partial charge on any atom is 0.256 e. The summed E-state index contributed by atoms with van der Waals surface area (Å²) in [5.74, 6) is 0.563. The molecule has 2 aliphatic heterocycles. The first-order valence-electron chi connectivity index (χ1n) is 11.2. The number of piperidine rings is 1. The van der Waals surface area contributed by atoms with Gasteiger partial charge in [-0.3, -0.25) is 4.79 Å². The molecular weight excluding hydrogens is 458 g/mol. The molecule has 5 heterocycles. The van der Waals surface area contributed by atoms with Crippen LogP contribution in [0.4, 0.5) is 10.9 Å². The molecule has 10 heteroatoms. The van der Waals surface area contributed by atoms with Crippen molar-refractivity contribution in [3.63, 3.8) is 0 Å². The number of pyridine rings is 1. The summed E-state index contributed by atoms with van der Waals surface area (Å²) in [6.07, 6.45) is 5.76. The monoisotopic (exact) mass is 485 g/mol. The van der Waals surface area contributed by atoms with Crippen LogP contribution in [-0.4, -0.2) is 54.2 Å². The predicted molar refractivity (Wildman–Crippen MR) is 129 cm³/mol. The molecule has 8 nitrogen and oxygen atoms in total. The number of amides is 1. The van der Waals surface area contributed by atoms with Gasteiger partial charge in [-0.15, -0.1) is 22.7 Å². The van der Waals surface area contributed by atoms with E-state index in [-0.39, 0.29) is 18.6 Å². The van der Waals surface area contributed by atoms with Gasteiger partial charge in [0.25, 0.3) is 5.91 Å². The van der Waals surface area contributed by atoms with Crippen molar-refractivity contribution < 1.29 is 15.0 Å². The smallest absolute Gasteiger partial charge is 0.256 e. The summed E-state index contributed by atoms with van der Waals surface area (Å²) in [4.78, 5) is 29.6. The number of hydrogen-bond donors (Lipinski definition) is 3. The van der Waals surface area contributed by atoms with Gasteiger partial charge < -0.3 is 20.4 Å². The van der Waals surface area contributed by atoms with E-state index in [0.29, 0.717) is 21.5 Å². The molecule has 3 aromatic rings. The number of aryl methyl sites for hydroxylation is 1. The SMILES string of the molecule is Cc1nc(C(C)O)sc1-c1csc(Nc2ccc(C(=O)N3[C@H]4CCC[C@]3(CO)CC4)cn2)n1. The quantitative estimate of drug-likeness (QED) is 0.478. The first-order chi connectivity index (χ1) is 15.9. The lowest BCUT2D eigenvalue weighted by atomic mass is 9.88. The van der Waals surface area contributed by atoms with E-state index in [1.54, 1.807) is 25.3 Å². The van der Waals surface area contributed by atoms with E-state index in [9.17, 15) is 15.0 Å². The molecule has 3 N–H and O–H groups in total. The highest BCUT2D eigenvalue weighted by Gasteiger charge is 2.50. The van der Waals surface area contributed by atoms with Gasteiger partial charge in [0.15, 0.2) is 5.13 Å². The molecule has 33 heavy (non-hydrogen) atoms. The number of rotatable bonds is 6.